The Bertz CT molecular complexity index is 1340. The second-order valence-electron chi connectivity index (χ2n) is 7.67. The van der Waals surface area contributed by atoms with Crippen LogP contribution >= 0.6 is 0 Å². The van der Waals surface area contributed by atoms with E-state index in [-0.39, 0.29) is 11.8 Å². The van der Waals surface area contributed by atoms with E-state index in [9.17, 15) is 17.4 Å². The van der Waals surface area contributed by atoms with Crippen LogP contribution in [0.4, 0.5) is 13.2 Å². The van der Waals surface area contributed by atoms with E-state index >= 15 is 0 Å². The zero-order chi connectivity index (χ0) is 22.4. The average Bonchev–Trinajstić information content (AvgIpc) is 3.32. The summed E-state index contributed by atoms with van der Waals surface area (Å²) < 4.78 is 59.2. The quantitative estimate of drug-likeness (QED) is 0.386. The van der Waals surface area contributed by atoms with Gasteiger partial charge >= 0.3 is 6.61 Å². The van der Waals surface area contributed by atoms with Gasteiger partial charge in [-0.1, -0.05) is 30.3 Å². The smallest absolute Gasteiger partial charge is 0.387 e. The lowest BCUT2D eigenvalue weighted by molar-refractivity contribution is -0.0506. The van der Waals surface area contributed by atoms with Gasteiger partial charge in [0.05, 0.1) is 17.1 Å². The van der Waals surface area contributed by atoms with Crippen LogP contribution in [-0.4, -0.2) is 26.6 Å². The first-order valence-corrected chi connectivity index (χ1v) is 11.7. The van der Waals surface area contributed by atoms with E-state index in [4.69, 9.17) is 4.74 Å². The summed E-state index contributed by atoms with van der Waals surface area (Å²) in [5, 5.41) is 0. The van der Waals surface area contributed by atoms with Crippen molar-refractivity contribution in [1.29, 1.82) is 0 Å². The number of benzene rings is 3. The minimum absolute atomic E-state index is 0.132. The molecule has 164 valence electrons. The van der Waals surface area contributed by atoms with Crippen molar-refractivity contribution in [2.45, 2.75) is 30.4 Å². The first-order chi connectivity index (χ1) is 15.4. The van der Waals surface area contributed by atoms with Crippen molar-refractivity contribution < 1.29 is 22.1 Å². The number of hydrogen-bond acceptors (Lipinski definition) is 3. The molecule has 4 aromatic rings. The Kier molecular flexibility index (Phi) is 5.25. The van der Waals surface area contributed by atoms with Gasteiger partial charge in [-0.2, -0.15) is 8.78 Å². The summed E-state index contributed by atoms with van der Waals surface area (Å²) in [4.78, 5) is 5.25. The highest BCUT2D eigenvalue weighted by molar-refractivity contribution is 7.84. The van der Waals surface area contributed by atoms with Gasteiger partial charge in [-0.25, -0.2) is 9.37 Å². The van der Waals surface area contributed by atoms with Crippen LogP contribution in [0, 0.1) is 5.82 Å². The first-order valence-electron chi connectivity index (χ1n) is 10.1. The number of halogens is 3. The van der Waals surface area contributed by atoms with Crippen molar-refractivity contribution in [3.05, 3.63) is 77.9 Å². The maximum atomic E-state index is 14.9. The van der Waals surface area contributed by atoms with Crippen molar-refractivity contribution in [1.82, 2.24) is 9.55 Å². The minimum atomic E-state index is -2.92. The van der Waals surface area contributed by atoms with E-state index in [1.807, 2.05) is 4.57 Å². The van der Waals surface area contributed by atoms with Gasteiger partial charge in [0.2, 0.25) is 0 Å². The number of para-hydroxylation sites is 1. The maximum Gasteiger partial charge on any atom is 0.387 e. The van der Waals surface area contributed by atoms with Crippen LogP contribution in [0.3, 0.4) is 0 Å². The minimum Gasteiger partial charge on any atom is -0.434 e. The molecule has 0 fully saturated rings. The summed E-state index contributed by atoms with van der Waals surface area (Å²) in [5.74, 6) is 0.510. The molecule has 2 unspecified atom stereocenters. The van der Waals surface area contributed by atoms with E-state index < -0.39 is 23.2 Å². The van der Waals surface area contributed by atoms with Gasteiger partial charge in [0.25, 0.3) is 0 Å². The molecule has 0 saturated carbocycles. The highest BCUT2D eigenvalue weighted by Gasteiger charge is 2.30. The molecule has 2 atom stereocenters. The molecule has 1 aliphatic rings. The standard InChI is InChI=1S/C24H19F3N2O2S/c1-32(30)15-8-6-14(7-9-15)17-12-21-19(13-18(17)25)28-23-11-10-20(29(21)23)16-4-2-3-5-22(16)31-24(26)27/h2-9,12-13,20,24H,10-11H2,1H3. The van der Waals surface area contributed by atoms with Crippen LogP contribution in [0.15, 0.2) is 65.6 Å². The molecule has 3 aromatic carbocycles. The zero-order valence-corrected chi connectivity index (χ0v) is 17.9. The molecule has 0 amide bonds. The molecule has 5 rings (SSSR count). The van der Waals surface area contributed by atoms with E-state index in [1.54, 1.807) is 54.8 Å². The molecule has 1 aliphatic heterocycles. The zero-order valence-electron chi connectivity index (χ0n) is 17.1. The van der Waals surface area contributed by atoms with Crippen molar-refractivity contribution in [3.8, 4) is 16.9 Å². The SMILES string of the molecule is CS(=O)c1ccc(-c2cc3c(cc2F)nc2n3C(c3ccccc3OC(F)F)CC2)cc1. The summed E-state index contributed by atoms with van der Waals surface area (Å²) in [5.41, 5.74) is 2.95. The molecule has 8 heteroatoms. The number of aromatic nitrogens is 2. The number of imidazole rings is 1. The molecule has 0 saturated heterocycles. The van der Waals surface area contributed by atoms with Crippen LogP contribution in [0.5, 0.6) is 5.75 Å². The van der Waals surface area contributed by atoms with Crippen LogP contribution in [0.25, 0.3) is 22.2 Å². The molecular formula is C24H19F3N2O2S. The Morgan fingerprint density at radius 2 is 1.88 bits per heavy atom. The molecule has 32 heavy (non-hydrogen) atoms. The topological polar surface area (TPSA) is 44.1 Å². The first kappa shape index (κ1) is 20.8. The lowest BCUT2D eigenvalue weighted by Crippen LogP contribution is -2.10. The number of nitrogens with zero attached hydrogens (tertiary/aromatic N) is 2. The summed E-state index contributed by atoms with van der Waals surface area (Å²) >= 11 is 0. The largest absolute Gasteiger partial charge is 0.434 e. The molecule has 0 bridgehead atoms. The fourth-order valence-electron chi connectivity index (χ4n) is 4.39. The maximum absolute atomic E-state index is 14.9. The second kappa shape index (κ2) is 8.09. The Hall–Kier alpha value is -3.13. The van der Waals surface area contributed by atoms with Gasteiger partial charge in [0.15, 0.2) is 0 Å². The number of hydrogen-bond donors (Lipinski definition) is 0. The van der Waals surface area contributed by atoms with Crippen molar-refractivity contribution in [3.63, 3.8) is 0 Å². The van der Waals surface area contributed by atoms with E-state index in [0.29, 0.717) is 39.9 Å². The number of aryl methyl sites for hydroxylation is 1. The molecule has 0 N–H and O–H groups in total. The highest BCUT2D eigenvalue weighted by atomic mass is 32.2. The molecule has 2 heterocycles. The summed E-state index contributed by atoms with van der Waals surface area (Å²) in [6.45, 7) is -2.92. The van der Waals surface area contributed by atoms with Gasteiger partial charge in [-0.05, 0) is 36.2 Å². The van der Waals surface area contributed by atoms with Crippen LogP contribution < -0.4 is 4.74 Å². The number of fused-ring (bicyclic) bond motifs is 3. The van der Waals surface area contributed by atoms with Crippen LogP contribution in [0.1, 0.15) is 23.9 Å². The number of ether oxygens (including phenoxy) is 1. The van der Waals surface area contributed by atoms with Gasteiger partial charge in [-0.3, -0.25) is 4.21 Å². The number of alkyl halides is 2. The molecule has 4 nitrogen and oxygen atoms in total. The normalized spacial score (nSPS) is 16.5. The number of rotatable bonds is 5. The highest BCUT2D eigenvalue weighted by Crippen LogP contribution is 2.40. The summed E-state index contributed by atoms with van der Waals surface area (Å²) in [6, 6.07) is 16.6. The van der Waals surface area contributed by atoms with Gasteiger partial charge in [0, 0.05) is 45.6 Å². The average molecular weight is 456 g/mol. The third-order valence-electron chi connectivity index (χ3n) is 5.80. The van der Waals surface area contributed by atoms with E-state index in [1.165, 1.54) is 12.1 Å². The second-order valence-corrected chi connectivity index (χ2v) is 9.05. The predicted molar refractivity (Wildman–Crippen MR) is 117 cm³/mol. The lowest BCUT2D eigenvalue weighted by Gasteiger charge is -2.19. The third-order valence-corrected chi connectivity index (χ3v) is 6.73. The molecule has 1 aromatic heterocycles. The third kappa shape index (κ3) is 3.58. The molecule has 0 radical (unpaired) electrons. The Labute approximate surface area is 185 Å². The van der Waals surface area contributed by atoms with E-state index in [2.05, 4.69) is 4.98 Å². The summed E-state index contributed by atoms with van der Waals surface area (Å²) in [6.07, 6.45) is 2.93. The van der Waals surface area contributed by atoms with Crippen molar-refractivity contribution >= 4 is 21.8 Å². The van der Waals surface area contributed by atoms with Gasteiger partial charge in [-0.15, -0.1) is 0 Å². The Morgan fingerprint density at radius 3 is 2.59 bits per heavy atom. The Morgan fingerprint density at radius 1 is 1.12 bits per heavy atom. The molecular weight excluding hydrogens is 437 g/mol. The van der Waals surface area contributed by atoms with E-state index in [0.717, 1.165) is 11.3 Å². The van der Waals surface area contributed by atoms with Gasteiger partial charge < -0.3 is 9.30 Å². The monoisotopic (exact) mass is 456 g/mol. The van der Waals surface area contributed by atoms with Crippen molar-refractivity contribution in [2.24, 2.45) is 0 Å². The Balaban J connectivity index is 1.63. The fourth-order valence-corrected chi connectivity index (χ4v) is 4.91. The summed E-state index contributed by atoms with van der Waals surface area (Å²) in [7, 11) is -1.12. The van der Waals surface area contributed by atoms with Crippen LogP contribution in [-0.2, 0) is 17.2 Å². The van der Waals surface area contributed by atoms with Gasteiger partial charge in [0.1, 0.15) is 17.4 Å². The molecule has 0 aliphatic carbocycles. The fraction of sp³-hybridized carbons (Fsp3) is 0.208. The van der Waals surface area contributed by atoms with Crippen molar-refractivity contribution in [2.75, 3.05) is 6.26 Å². The van der Waals surface area contributed by atoms with Crippen LogP contribution in [0.2, 0.25) is 0 Å². The predicted octanol–water partition coefficient (Wildman–Crippen LogP) is 5.72. The molecule has 0 spiro atoms. The lowest BCUT2D eigenvalue weighted by atomic mass is 10.0.